The molecule has 2 rings (SSSR count). The number of nitrogens with zero attached hydrogens (tertiary/aromatic N) is 1. The molecule has 1 aliphatic rings. The Morgan fingerprint density at radius 2 is 2.04 bits per heavy atom. The van der Waals surface area contributed by atoms with Gasteiger partial charge in [0.05, 0.1) is 14.2 Å². The molecule has 1 aromatic rings. The van der Waals surface area contributed by atoms with E-state index in [1.165, 1.54) is 0 Å². The van der Waals surface area contributed by atoms with Gasteiger partial charge in [-0.2, -0.15) is 0 Å². The molecule has 1 amide bonds. The zero-order valence-corrected chi connectivity index (χ0v) is 15.2. The van der Waals surface area contributed by atoms with Gasteiger partial charge in [0.1, 0.15) is 17.1 Å². The van der Waals surface area contributed by atoms with Gasteiger partial charge >= 0.3 is 6.09 Å². The molecule has 0 unspecified atom stereocenters. The fourth-order valence-electron chi connectivity index (χ4n) is 2.67. The fourth-order valence-corrected chi connectivity index (χ4v) is 2.67. The van der Waals surface area contributed by atoms with Crippen molar-refractivity contribution in [1.82, 2.24) is 10.2 Å². The lowest BCUT2D eigenvalue weighted by atomic mass is 10.1. The van der Waals surface area contributed by atoms with Crippen LogP contribution in [0.2, 0.25) is 0 Å². The molecule has 1 fully saturated rings. The smallest absolute Gasteiger partial charge is 0.410 e. The molecule has 24 heavy (non-hydrogen) atoms. The van der Waals surface area contributed by atoms with Crippen LogP contribution in [-0.4, -0.2) is 49.9 Å². The second-order valence-electron chi connectivity index (χ2n) is 6.97. The minimum Gasteiger partial charge on any atom is -0.497 e. The Balaban J connectivity index is 1.87. The van der Waals surface area contributed by atoms with Crippen LogP contribution >= 0.6 is 0 Å². The lowest BCUT2D eigenvalue weighted by molar-refractivity contribution is 0.0291. The summed E-state index contributed by atoms with van der Waals surface area (Å²) in [6.45, 7) is 7.70. The molecule has 1 aromatic carbocycles. The molecule has 0 aliphatic carbocycles. The van der Waals surface area contributed by atoms with Crippen LogP contribution in [0.15, 0.2) is 18.2 Å². The van der Waals surface area contributed by atoms with Crippen LogP contribution in [0.25, 0.3) is 0 Å². The second-order valence-corrected chi connectivity index (χ2v) is 6.97. The lowest BCUT2D eigenvalue weighted by Crippen LogP contribution is -2.38. The average molecular weight is 336 g/mol. The van der Waals surface area contributed by atoms with Crippen molar-refractivity contribution in [3.05, 3.63) is 23.8 Å². The van der Waals surface area contributed by atoms with Crippen molar-refractivity contribution in [2.75, 3.05) is 27.3 Å². The van der Waals surface area contributed by atoms with Gasteiger partial charge in [0.25, 0.3) is 0 Å². The molecule has 0 radical (unpaired) electrons. The number of carbonyl (C=O) groups excluding carboxylic acids is 1. The topological polar surface area (TPSA) is 60.0 Å². The zero-order valence-electron chi connectivity index (χ0n) is 15.2. The first-order valence-electron chi connectivity index (χ1n) is 8.24. The zero-order chi connectivity index (χ0) is 17.7. The molecule has 0 bridgehead atoms. The van der Waals surface area contributed by atoms with E-state index in [2.05, 4.69) is 5.32 Å². The van der Waals surface area contributed by atoms with E-state index < -0.39 is 5.60 Å². The predicted octanol–water partition coefficient (Wildman–Crippen LogP) is 2.80. The summed E-state index contributed by atoms with van der Waals surface area (Å²) in [5.41, 5.74) is 0.605. The molecule has 1 atom stereocenters. The molecule has 6 nitrogen and oxygen atoms in total. The van der Waals surface area contributed by atoms with E-state index in [0.717, 1.165) is 23.5 Å². The second kappa shape index (κ2) is 7.75. The molecule has 1 N–H and O–H groups in total. The third-order valence-corrected chi connectivity index (χ3v) is 3.92. The Bertz CT molecular complexity index is 569. The van der Waals surface area contributed by atoms with Crippen LogP contribution in [-0.2, 0) is 11.3 Å². The normalized spacial score (nSPS) is 17.7. The van der Waals surface area contributed by atoms with Crippen LogP contribution in [0, 0.1) is 0 Å². The summed E-state index contributed by atoms with van der Waals surface area (Å²) < 4.78 is 16.0. The van der Waals surface area contributed by atoms with Crippen molar-refractivity contribution >= 4 is 6.09 Å². The summed E-state index contributed by atoms with van der Waals surface area (Å²) in [5, 5.41) is 3.49. The molecule has 1 aliphatic heterocycles. The van der Waals surface area contributed by atoms with Crippen molar-refractivity contribution in [1.29, 1.82) is 0 Å². The summed E-state index contributed by atoms with van der Waals surface area (Å²) in [4.78, 5) is 13.9. The number of nitrogens with one attached hydrogen (secondary N) is 1. The van der Waals surface area contributed by atoms with Crippen molar-refractivity contribution in [2.45, 2.75) is 45.4 Å². The summed E-state index contributed by atoms with van der Waals surface area (Å²) in [6.07, 6.45) is 0.673. The number of carbonyl (C=O) groups is 1. The standard InChI is InChI=1S/C18H28N2O4/c1-18(2,3)24-17(21)20-9-8-14(12-20)19-11-13-6-7-15(22-4)10-16(13)23-5/h6-7,10,14,19H,8-9,11-12H2,1-5H3/t14-/m0/s1. The molecular weight excluding hydrogens is 308 g/mol. The number of likely N-dealkylation sites (tertiary alicyclic amines) is 1. The average Bonchev–Trinajstić information content (AvgIpc) is 3.00. The van der Waals surface area contributed by atoms with Crippen LogP contribution in [0.5, 0.6) is 11.5 Å². The molecule has 1 heterocycles. The highest BCUT2D eigenvalue weighted by atomic mass is 16.6. The highest BCUT2D eigenvalue weighted by Crippen LogP contribution is 2.25. The lowest BCUT2D eigenvalue weighted by Gasteiger charge is -2.24. The number of methoxy groups -OCH3 is 2. The molecule has 0 spiro atoms. The van der Waals surface area contributed by atoms with Gasteiger partial charge in [-0.3, -0.25) is 0 Å². The van der Waals surface area contributed by atoms with E-state index in [4.69, 9.17) is 14.2 Å². The monoisotopic (exact) mass is 336 g/mol. The Kier molecular flexibility index (Phi) is 5.94. The maximum Gasteiger partial charge on any atom is 0.410 e. The van der Waals surface area contributed by atoms with Gasteiger partial charge in [-0.15, -0.1) is 0 Å². The third kappa shape index (κ3) is 5.03. The summed E-state index contributed by atoms with van der Waals surface area (Å²) in [5.74, 6) is 1.57. The molecular formula is C18H28N2O4. The first kappa shape index (κ1) is 18.4. The molecule has 134 valence electrons. The van der Waals surface area contributed by atoms with Crippen molar-refractivity contribution in [2.24, 2.45) is 0 Å². The number of hydrogen-bond acceptors (Lipinski definition) is 5. The maximum absolute atomic E-state index is 12.1. The van der Waals surface area contributed by atoms with Gasteiger partial charge in [0.2, 0.25) is 0 Å². The highest BCUT2D eigenvalue weighted by Gasteiger charge is 2.29. The van der Waals surface area contributed by atoms with E-state index in [-0.39, 0.29) is 12.1 Å². The van der Waals surface area contributed by atoms with E-state index in [1.54, 1.807) is 19.1 Å². The van der Waals surface area contributed by atoms with Crippen molar-refractivity contribution in [3.63, 3.8) is 0 Å². The SMILES string of the molecule is COc1ccc(CN[C@H]2CCN(C(=O)OC(C)(C)C)C2)c(OC)c1. The van der Waals surface area contributed by atoms with E-state index in [0.29, 0.717) is 19.6 Å². The largest absolute Gasteiger partial charge is 0.497 e. The predicted molar refractivity (Wildman–Crippen MR) is 92.6 cm³/mol. The van der Waals surface area contributed by atoms with Crippen LogP contribution < -0.4 is 14.8 Å². The van der Waals surface area contributed by atoms with Gasteiger partial charge in [-0.1, -0.05) is 6.07 Å². The molecule has 6 heteroatoms. The minimum atomic E-state index is -0.459. The molecule has 1 saturated heterocycles. The molecule has 0 aromatic heterocycles. The van der Waals surface area contributed by atoms with E-state index in [9.17, 15) is 4.79 Å². The van der Waals surface area contributed by atoms with Gasteiger partial charge < -0.3 is 24.4 Å². The number of amides is 1. The Labute approximate surface area is 144 Å². The van der Waals surface area contributed by atoms with Gasteiger partial charge in [0.15, 0.2) is 0 Å². The third-order valence-electron chi connectivity index (χ3n) is 3.92. The van der Waals surface area contributed by atoms with E-state index >= 15 is 0 Å². The van der Waals surface area contributed by atoms with Crippen LogP contribution in [0.4, 0.5) is 4.79 Å². The number of benzene rings is 1. The quantitative estimate of drug-likeness (QED) is 0.896. The van der Waals surface area contributed by atoms with Crippen molar-refractivity contribution in [3.8, 4) is 11.5 Å². The Morgan fingerprint density at radius 3 is 2.67 bits per heavy atom. The summed E-state index contributed by atoms with van der Waals surface area (Å²) in [6, 6.07) is 6.04. The van der Waals surface area contributed by atoms with Gasteiger partial charge in [0, 0.05) is 37.3 Å². The highest BCUT2D eigenvalue weighted by molar-refractivity contribution is 5.68. The summed E-state index contributed by atoms with van der Waals surface area (Å²) in [7, 11) is 3.29. The Morgan fingerprint density at radius 1 is 1.29 bits per heavy atom. The fraction of sp³-hybridized carbons (Fsp3) is 0.611. The minimum absolute atomic E-state index is 0.242. The first-order chi connectivity index (χ1) is 11.3. The number of ether oxygens (including phenoxy) is 3. The Hall–Kier alpha value is -1.95. The van der Waals surface area contributed by atoms with E-state index in [1.807, 2.05) is 39.0 Å². The van der Waals surface area contributed by atoms with Gasteiger partial charge in [-0.05, 0) is 33.3 Å². The van der Waals surface area contributed by atoms with Gasteiger partial charge in [-0.25, -0.2) is 4.79 Å². The number of hydrogen-bond donors (Lipinski definition) is 1. The molecule has 0 saturated carbocycles. The van der Waals surface area contributed by atoms with Crippen molar-refractivity contribution < 1.29 is 19.0 Å². The van der Waals surface area contributed by atoms with Crippen LogP contribution in [0.3, 0.4) is 0 Å². The van der Waals surface area contributed by atoms with Crippen LogP contribution in [0.1, 0.15) is 32.8 Å². The first-order valence-corrected chi connectivity index (χ1v) is 8.24. The summed E-state index contributed by atoms with van der Waals surface area (Å²) >= 11 is 0. The maximum atomic E-state index is 12.1. The number of rotatable bonds is 5.